The normalized spacial score (nSPS) is 21.7. The van der Waals surface area contributed by atoms with Crippen molar-refractivity contribution < 1.29 is 9.53 Å². The lowest BCUT2D eigenvalue weighted by atomic mass is 10.0. The van der Waals surface area contributed by atoms with Crippen LogP contribution in [0.3, 0.4) is 0 Å². The van der Waals surface area contributed by atoms with Gasteiger partial charge in [-0.2, -0.15) is 0 Å². The van der Waals surface area contributed by atoms with Crippen molar-refractivity contribution in [1.82, 2.24) is 4.90 Å². The van der Waals surface area contributed by atoms with Crippen molar-refractivity contribution in [2.75, 3.05) is 13.1 Å². The molecule has 1 aliphatic heterocycles. The van der Waals surface area contributed by atoms with Gasteiger partial charge in [-0.15, -0.1) is 0 Å². The first-order valence-corrected chi connectivity index (χ1v) is 6.45. The smallest absolute Gasteiger partial charge is 0.404 e. The molecule has 18 heavy (non-hydrogen) atoms. The van der Waals surface area contributed by atoms with E-state index in [1.54, 1.807) is 0 Å². The van der Waals surface area contributed by atoms with E-state index in [0.717, 1.165) is 25.9 Å². The van der Waals surface area contributed by atoms with Crippen LogP contribution in [0.1, 0.15) is 31.4 Å². The summed E-state index contributed by atoms with van der Waals surface area (Å²) >= 11 is 0. The second kappa shape index (κ2) is 5.87. The number of carbonyl (C=O) groups is 1. The Morgan fingerprint density at radius 1 is 1.50 bits per heavy atom. The van der Waals surface area contributed by atoms with Crippen molar-refractivity contribution in [2.24, 2.45) is 5.73 Å². The molecule has 1 aromatic carbocycles. The van der Waals surface area contributed by atoms with Crippen molar-refractivity contribution in [2.45, 2.75) is 31.9 Å². The second-order valence-corrected chi connectivity index (χ2v) is 4.68. The maximum Gasteiger partial charge on any atom is 0.404 e. The minimum absolute atomic E-state index is 0.0553. The van der Waals surface area contributed by atoms with Crippen molar-refractivity contribution >= 4 is 6.09 Å². The van der Waals surface area contributed by atoms with Gasteiger partial charge in [0.1, 0.15) is 6.10 Å². The largest absolute Gasteiger partial charge is 0.445 e. The highest BCUT2D eigenvalue weighted by molar-refractivity contribution is 5.64. The highest BCUT2D eigenvalue weighted by atomic mass is 16.6. The Labute approximate surface area is 108 Å². The summed E-state index contributed by atoms with van der Waals surface area (Å²) in [6, 6.07) is 10.8. The van der Waals surface area contributed by atoms with Crippen LogP contribution >= 0.6 is 0 Å². The molecule has 0 aliphatic carbocycles. The summed E-state index contributed by atoms with van der Waals surface area (Å²) in [5.41, 5.74) is 6.38. The molecule has 4 heteroatoms. The second-order valence-electron chi connectivity index (χ2n) is 4.68. The molecule has 1 amide bonds. The first kappa shape index (κ1) is 12.9. The predicted octanol–water partition coefficient (Wildman–Crippen LogP) is 2.31. The number of hydrogen-bond donors (Lipinski definition) is 1. The molecule has 0 aromatic heterocycles. The highest BCUT2D eigenvalue weighted by Gasteiger charge is 2.29. The number of primary amides is 1. The zero-order chi connectivity index (χ0) is 13.0. The summed E-state index contributed by atoms with van der Waals surface area (Å²) < 4.78 is 5.07. The van der Waals surface area contributed by atoms with E-state index in [1.165, 1.54) is 5.56 Å². The Hall–Kier alpha value is -1.55. The molecule has 2 N–H and O–H groups in total. The SMILES string of the molecule is CCC(c1ccccc1)N1CCC(OC(N)=O)C1. The van der Waals surface area contributed by atoms with Crippen molar-refractivity contribution in [3.63, 3.8) is 0 Å². The first-order chi connectivity index (χ1) is 8.70. The topological polar surface area (TPSA) is 55.6 Å². The third kappa shape index (κ3) is 3.01. The van der Waals surface area contributed by atoms with E-state index in [2.05, 4.69) is 36.1 Å². The monoisotopic (exact) mass is 248 g/mol. The van der Waals surface area contributed by atoms with E-state index < -0.39 is 6.09 Å². The van der Waals surface area contributed by atoms with Crippen LogP contribution in [0.25, 0.3) is 0 Å². The Balaban J connectivity index is 2.00. The zero-order valence-corrected chi connectivity index (χ0v) is 10.7. The molecule has 1 aromatic rings. The van der Waals surface area contributed by atoms with Gasteiger partial charge in [0, 0.05) is 19.1 Å². The lowest BCUT2D eigenvalue weighted by molar-refractivity contribution is 0.104. The molecule has 2 unspecified atom stereocenters. The molecule has 1 fully saturated rings. The van der Waals surface area contributed by atoms with E-state index in [-0.39, 0.29) is 6.10 Å². The van der Waals surface area contributed by atoms with E-state index in [9.17, 15) is 4.79 Å². The predicted molar refractivity (Wildman–Crippen MR) is 70.1 cm³/mol. The molecule has 4 nitrogen and oxygen atoms in total. The standard InChI is InChI=1S/C14H20N2O2/c1-2-13(11-6-4-3-5-7-11)16-9-8-12(10-16)18-14(15)17/h3-7,12-13H,2,8-10H2,1H3,(H2,15,17). The van der Waals surface area contributed by atoms with E-state index in [1.807, 2.05) is 6.07 Å². The Morgan fingerprint density at radius 3 is 2.83 bits per heavy atom. The lowest BCUT2D eigenvalue weighted by Gasteiger charge is -2.27. The third-order valence-electron chi connectivity index (χ3n) is 3.47. The van der Waals surface area contributed by atoms with E-state index >= 15 is 0 Å². The summed E-state index contributed by atoms with van der Waals surface area (Å²) in [4.78, 5) is 13.1. The van der Waals surface area contributed by atoms with Crippen molar-refractivity contribution in [3.8, 4) is 0 Å². The summed E-state index contributed by atoms with van der Waals surface area (Å²) in [6.07, 6.45) is 1.19. The molecule has 1 saturated heterocycles. The van der Waals surface area contributed by atoms with Crippen LogP contribution in [0.4, 0.5) is 4.79 Å². The van der Waals surface area contributed by atoms with Crippen molar-refractivity contribution in [1.29, 1.82) is 0 Å². The van der Waals surface area contributed by atoms with Crippen LogP contribution in [0, 0.1) is 0 Å². The van der Waals surface area contributed by atoms with Gasteiger partial charge in [0.2, 0.25) is 0 Å². The molecule has 1 aliphatic rings. The maximum atomic E-state index is 10.8. The van der Waals surface area contributed by atoms with Crippen LogP contribution in [0.5, 0.6) is 0 Å². The van der Waals surface area contributed by atoms with Crippen molar-refractivity contribution in [3.05, 3.63) is 35.9 Å². The van der Waals surface area contributed by atoms with Gasteiger partial charge in [0.25, 0.3) is 0 Å². The Morgan fingerprint density at radius 2 is 2.22 bits per heavy atom. The average molecular weight is 248 g/mol. The quantitative estimate of drug-likeness (QED) is 0.889. The fraction of sp³-hybridized carbons (Fsp3) is 0.500. The van der Waals surface area contributed by atoms with Gasteiger partial charge in [0.15, 0.2) is 0 Å². The number of amides is 1. The summed E-state index contributed by atoms with van der Waals surface area (Å²) in [5.74, 6) is 0. The van der Waals surface area contributed by atoms with Gasteiger partial charge in [-0.1, -0.05) is 37.3 Å². The van der Waals surface area contributed by atoms with Crippen LogP contribution in [0.15, 0.2) is 30.3 Å². The third-order valence-corrected chi connectivity index (χ3v) is 3.47. The van der Waals surface area contributed by atoms with Gasteiger partial charge >= 0.3 is 6.09 Å². The van der Waals surface area contributed by atoms with Crippen LogP contribution in [-0.4, -0.2) is 30.2 Å². The fourth-order valence-electron chi connectivity index (χ4n) is 2.68. The van der Waals surface area contributed by atoms with Crippen LogP contribution in [0.2, 0.25) is 0 Å². The van der Waals surface area contributed by atoms with Gasteiger partial charge in [0.05, 0.1) is 0 Å². The zero-order valence-electron chi connectivity index (χ0n) is 10.7. The summed E-state index contributed by atoms with van der Waals surface area (Å²) in [5, 5.41) is 0. The number of ether oxygens (including phenoxy) is 1. The minimum atomic E-state index is -0.672. The molecule has 1 heterocycles. The molecular weight excluding hydrogens is 228 g/mol. The number of nitrogens with zero attached hydrogens (tertiary/aromatic N) is 1. The average Bonchev–Trinajstić information content (AvgIpc) is 2.79. The molecule has 98 valence electrons. The molecule has 2 rings (SSSR count). The van der Waals surface area contributed by atoms with E-state index in [4.69, 9.17) is 10.5 Å². The molecule has 0 radical (unpaired) electrons. The molecular formula is C14H20N2O2. The van der Waals surface area contributed by atoms with Gasteiger partial charge in [-0.05, 0) is 18.4 Å². The number of carbonyl (C=O) groups excluding carboxylic acids is 1. The minimum Gasteiger partial charge on any atom is -0.445 e. The van der Waals surface area contributed by atoms with Gasteiger partial charge in [-0.3, -0.25) is 4.90 Å². The molecule has 0 spiro atoms. The molecule has 2 atom stereocenters. The van der Waals surface area contributed by atoms with Crippen LogP contribution < -0.4 is 5.73 Å². The fourth-order valence-corrected chi connectivity index (χ4v) is 2.68. The van der Waals surface area contributed by atoms with Gasteiger partial charge < -0.3 is 10.5 Å². The number of nitrogens with two attached hydrogens (primary N) is 1. The summed E-state index contributed by atoms with van der Waals surface area (Å²) in [7, 11) is 0. The Kier molecular flexibility index (Phi) is 4.20. The lowest BCUT2D eigenvalue weighted by Crippen LogP contribution is -2.29. The summed E-state index contributed by atoms with van der Waals surface area (Å²) in [6.45, 7) is 3.90. The maximum absolute atomic E-state index is 10.8. The number of likely N-dealkylation sites (tertiary alicyclic amines) is 1. The first-order valence-electron chi connectivity index (χ1n) is 6.45. The molecule has 0 saturated carbocycles. The number of benzene rings is 1. The van der Waals surface area contributed by atoms with Crippen LogP contribution in [-0.2, 0) is 4.74 Å². The number of rotatable bonds is 4. The van der Waals surface area contributed by atoms with Gasteiger partial charge in [-0.25, -0.2) is 4.79 Å². The number of hydrogen-bond acceptors (Lipinski definition) is 3. The van der Waals surface area contributed by atoms with E-state index in [0.29, 0.717) is 6.04 Å². The highest BCUT2D eigenvalue weighted by Crippen LogP contribution is 2.28. The Bertz CT molecular complexity index is 394. The molecule has 0 bridgehead atoms.